The van der Waals surface area contributed by atoms with Gasteiger partial charge in [-0.3, -0.25) is 19.1 Å². The minimum absolute atomic E-state index is 0.000951. The summed E-state index contributed by atoms with van der Waals surface area (Å²) in [5.74, 6) is 4.37. The molecule has 0 spiro atoms. The molecular formula is C51H37BN4O3. The third-order valence-electron chi connectivity index (χ3n) is 11.3. The molecule has 0 saturated carbocycles. The topological polar surface area (TPSA) is 62.3 Å². The number of hydrogen-bond donors (Lipinski definition) is 0. The zero-order valence-electron chi connectivity index (χ0n) is 32.8. The molecule has 0 unspecified atom stereocenters. The molecule has 7 nitrogen and oxygen atoms in total. The average molecular weight is 765 g/mol. The maximum atomic E-state index is 6.63. The minimum Gasteiger partial charge on any atom is -0.458 e. The summed E-state index contributed by atoms with van der Waals surface area (Å²) >= 11 is 0. The molecule has 9 aromatic rings. The first-order chi connectivity index (χ1) is 28.9. The maximum Gasteiger partial charge on any atom is 0.271 e. The van der Waals surface area contributed by atoms with Crippen molar-refractivity contribution in [2.24, 2.45) is 0 Å². The highest BCUT2D eigenvalue weighted by atomic mass is 16.5. The average Bonchev–Trinajstić information content (AvgIpc) is 3.66. The lowest BCUT2D eigenvalue weighted by Gasteiger charge is -2.33. The van der Waals surface area contributed by atoms with Gasteiger partial charge in [0.15, 0.2) is 5.65 Å². The molecular weight excluding hydrogens is 727 g/mol. The van der Waals surface area contributed by atoms with Gasteiger partial charge in [-0.2, -0.15) is 0 Å². The molecule has 0 fully saturated rings. The molecule has 5 heterocycles. The summed E-state index contributed by atoms with van der Waals surface area (Å²) in [6.07, 6.45) is 7.39. The lowest BCUT2D eigenvalue weighted by Crippen LogP contribution is -2.57. The number of fused-ring (bicyclic) bond motifs is 5. The molecule has 0 atom stereocenters. The van der Waals surface area contributed by atoms with Gasteiger partial charge >= 0.3 is 0 Å². The van der Waals surface area contributed by atoms with Crippen molar-refractivity contribution in [1.82, 2.24) is 14.5 Å². The van der Waals surface area contributed by atoms with E-state index in [1.807, 2.05) is 83.7 Å². The largest absolute Gasteiger partial charge is 0.458 e. The predicted octanol–water partition coefficient (Wildman–Crippen LogP) is 9.65. The van der Waals surface area contributed by atoms with E-state index in [-0.39, 0.29) is 12.1 Å². The van der Waals surface area contributed by atoms with Crippen LogP contribution >= 0.6 is 0 Å². The molecule has 8 heteroatoms. The quantitative estimate of drug-likeness (QED) is 0.0960. The van der Waals surface area contributed by atoms with Crippen molar-refractivity contribution in [1.29, 1.82) is 0 Å². The Labute approximate surface area is 342 Å². The van der Waals surface area contributed by atoms with Crippen LogP contribution in [0.3, 0.4) is 0 Å². The molecule has 0 saturated heterocycles. The number of ether oxygens (including phenoxy) is 3. The number of aromatic nitrogens is 4. The molecule has 282 valence electrons. The summed E-state index contributed by atoms with van der Waals surface area (Å²) in [5.41, 5.74) is 12.1. The van der Waals surface area contributed by atoms with Crippen molar-refractivity contribution in [3.8, 4) is 68.3 Å². The molecule has 0 aliphatic carbocycles. The van der Waals surface area contributed by atoms with Crippen LogP contribution in [0, 0.1) is 6.33 Å². The van der Waals surface area contributed by atoms with E-state index in [1.54, 1.807) is 0 Å². The van der Waals surface area contributed by atoms with E-state index < -0.39 is 0 Å². The number of benzene rings is 6. The Bertz CT molecular complexity index is 3040. The van der Waals surface area contributed by atoms with Crippen molar-refractivity contribution < 1.29 is 18.8 Å². The Morgan fingerprint density at radius 2 is 1.27 bits per heavy atom. The number of pyridine rings is 2. The van der Waals surface area contributed by atoms with Gasteiger partial charge in [-0.25, -0.2) is 0 Å². The van der Waals surface area contributed by atoms with Crippen molar-refractivity contribution in [2.45, 2.75) is 26.2 Å². The SMILES string of the molecule is CC(C)(C)c1ccnc(-c2ccccc2-c2ccccc2-[n+]2[c-]n(-c3cccc(Oc4cc5c6c(c4)Oc4ccccc4B6c4ccccc4O5)c3)c3ncccc32)c1. The fraction of sp³-hybridized carbons (Fsp3) is 0.0784. The van der Waals surface area contributed by atoms with Gasteiger partial charge in [0.25, 0.3) is 13.0 Å². The molecule has 2 aliphatic rings. The van der Waals surface area contributed by atoms with E-state index in [1.165, 1.54) is 5.56 Å². The first-order valence-electron chi connectivity index (χ1n) is 19.8. The molecule has 0 amide bonds. The Morgan fingerprint density at radius 3 is 2.02 bits per heavy atom. The van der Waals surface area contributed by atoms with E-state index >= 15 is 0 Å². The van der Waals surface area contributed by atoms with Gasteiger partial charge < -0.3 is 14.2 Å². The second-order valence-electron chi connectivity index (χ2n) is 16.0. The molecule has 6 aromatic carbocycles. The second-order valence-corrected chi connectivity index (χ2v) is 16.0. The zero-order valence-corrected chi connectivity index (χ0v) is 32.8. The van der Waals surface area contributed by atoms with Gasteiger partial charge in [0.2, 0.25) is 0 Å². The van der Waals surface area contributed by atoms with E-state index in [9.17, 15) is 0 Å². The first kappa shape index (κ1) is 34.8. The number of para-hydroxylation sites is 3. The summed E-state index contributed by atoms with van der Waals surface area (Å²) in [4.78, 5) is 9.71. The Morgan fingerprint density at radius 1 is 0.593 bits per heavy atom. The highest BCUT2D eigenvalue weighted by Crippen LogP contribution is 2.40. The van der Waals surface area contributed by atoms with Gasteiger partial charge in [0.1, 0.15) is 40.0 Å². The second kappa shape index (κ2) is 13.6. The van der Waals surface area contributed by atoms with Crippen LogP contribution in [-0.2, 0) is 5.41 Å². The fourth-order valence-corrected chi connectivity index (χ4v) is 8.43. The van der Waals surface area contributed by atoms with Gasteiger partial charge in [0, 0.05) is 35.6 Å². The van der Waals surface area contributed by atoms with Crippen LogP contribution in [0.15, 0.2) is 170 Å². The third kappa shape index (κ3) is 5.95. The third-order valence-corrected chi connectivity index (χ3v) is 11.3. The molecule has 0 radical (unpaired) electrons. The van der Waals surface area contributed by atoms with E-state index in [4.69, 9.17) is 24.2 Å². The zero-order chi connectivity index (χ0) is 39.7. The Balaban J connectivity index is 0.975. The van der Waals surface area contributed by atoms with Gasteiger partial charge in [-0.05, 0) is 93.7 Å². The van der Waals surface area contributed by atoms with Gasteiger partial charge in [-0.1, -0.05) is 106 Å². The van der Waals surface area contributed by atoms with Crippen LogP contribution in [0.4, 0.5) is 0 Å². The maximum absolute atomic E-state index is 6.63. The Hall–Kier alpha value is -7.45. The predicted molar refractivity (Wildman–Crippen MR) is 233 cm³/mol. The fourth-order valence-electron chi connectivity index (χ4n) is 8.43. The van der Waals surface area contributed by atoms with Crippen molar-refractivity contribution >= 4 is 34.3 Å². The lowest BCUT2D eigenvalue weighted by atomic mass is 9.35. The normalized spacial score (nSPS) is 12.6. The van der Waals surface area contributed by atoms with Crippen LogP contribution in [0.1, 0.15) is 26.3 Å². The minimum atomic E-state index is -0.00465. The molecule has 0 bridgehead atoms. The first-order valence-corrected chi connectivity index (χ1v) is 19.8. The van der Waals surface area contributed by atoms with Crippen molar-refractivity contribution in [2.75, 3.05) is 0 Å². The molecule has 0 N–H and O–H groups in total. The van der Waals surface area contributed by atoms with Crippen molar-refractivity contribution in [3.63, 3.8) is 0 Å². The smallest absolute Gasteiger partial charge is 0.271 e. The van der Waals surface area contributed by atoms with Crippen molar-refractivity contribution in [3.05, 3.63) is 182 Å². The highest BCUT2D eigenvalue weighted by Gasteiger charge is 2.40. The van der Waals surface area contributed by atoms with E-state index in [2.05, 4.69) is 123 Å². The summed E-state index contributed by atoms with van der Waals surface area (Å²) in [7, 11) is 0. The van der Waals surface area contributed by atoms with Crippen LogP contribution in [0.5, 0.6) is 34.5 Å². The molecule has 11 rings (SSSR count). The number of hydrogen-bond acceptors (Lipinski definition) is 5. The summed E-state index contributed by atoms with van der Waals surface area (Å²) in [6.45, 7) is 6.69. The number of rotatable bonds is 6. The summed E-state index contributed by atoms with van der Waals surface area (Å²) < 4.78 is 23.7. The van der Waals surface area contributed by atoms with E-state index in [0.29, 0.717) is 11.5 Å². The van der Waals surface area contributed by atoms with Crippen LogP contribution < -0.4 is 35.2 Å². The Kier molecular flexibility index (Phi) is 8.01. The van der Waals surface area contributed by atoms with E-state index in [0.717, 1.165) is 84.3 Å². The lowest BCUT2D eigenvalue weighted by molar-refractivity contribution is -0.571. The standard InChI is InChI=1S/C51H37BN4O3/c1-51(2,3)33-25-27-53-42(28-33)38-17-5-4-16-37(38)39-18-6-9-21-43(39)56-32-55(50-44(56)22-13-26-54-50)34-14-12-15-35(29-34)57-36-30-47-49-48(31-36)59-46-24-11-8-20-41(46)52(49)40-19-7-10-23-45(40)58-47/h4-31H,1-3H3. The highest BCUT2D eigenvalue weighted by molar-refractivity contribution is 6.98. The van der Waals surface area contributed by atoms with Gasteiger partial charge in [-0.15, -0.1) is 0 Å². The monoisotopic (exact) mass is 764 g/mol. The van der Waals surface area contributed by atoms with Crippen LogP contribution in [0.2, 0.25) is 0 Å². The molecule has 2 aliphatic heterocycles. The molecule has 59 heavy (non-hydrogen) atoms. The van der Waals surface area contributed by atoms with Crippen LogP contribution in [-0.4, -0.2) is 21.2 Å². The number of nitrogens with zero attached hydrogens (tertiary/aromatic N) is 4. The van der Waals surface area contributed by atoms with Gasteiger partial charge in [0.05, 0.1) is 17.1 Å². The van der Waals surface area contributed by atoms with Crippen LogP contribution in [0.25, 0.3) is 44.9 Å². The summed E-state index contributed by atoms with van der Waals surface area (Å²) in [6, 6.07) is 53.6. The summed E-state index contributed by atoms with van der Waals surface area (Å²) in [5, 5.41) is 0. The number of imidazole rings is 1. The molecule has 3 aromatic heterocycles.